The predicted octanol–water partition coefficient (Wildman–Crippen LogP) is 2.48. The van der Waals surface area contributed by atoms with Gasteiger partial charge in [0, 0.05) is 23.9 Å². The molecule has 1 N–H and O–H groups in total. The number of nitrogens with one attached hydrogen (secondary N) is 1. The van der Waals surface area contributed by atoms with Crippen LogP contribution in [0.1, 0.15) is 18.4 Å². The second-order valence-electron chi connectivity index (χ2n) is 6.08. The Balaban J connectivity index is 1.54. The molecule has 1 aromatic carbocycles. The molecule has 4 rings (SSSR count). The lowest BCUT2D eigenvalue weighted by Gasteiger charge is -2.15. The Morgan fingerprint density at radius 2 is 2.08 bits per heavy atom. The molecule has 1 aliphatic carbocycles. The van der Waals surface area contributed by atoms with E-state index in [1.165, 1.54) is 24.2 Å². The third-order valence-corrected chi connectivity index (χ3v) is 4.48. The quantitative estimate of drug-likeness (QED) is 0.762. The number of rotatable bonds is 5. The third-order valence-electron chi connectivity index (χ3n) is 4.48. The van der Waals surface area contributed by atoms with E-state index in [0.717, 1.165) is 0 Å². The number of halogens is 1. The van der Waals surface area contributed by atoms with Gasteiger partial charge in [0.15, 0.2) is 11.6 Å². The van der Waals surface area contributed by atoms with Crippen LogP contribution >= 0.6 is 0 Å². The number of carbonyl (C=O) groups is 1. The highest BCUT2D eigenvalue weighted by Gasteiger charge is 2.52. The topological polar surface area (TPSA) is 81.9 Å². The van der Waals surface area contributed by atoms with E-state index in [2.05, 4.69) is 20.4 Å². The summed E-state index contributed by atoms with van der Waals surface area (Å²) in [5.74, 6) is 0.669. The third kappa shape index (κ3) is 2.79. The van der Waals surface area contributed by atoms with Gasteiger partial charge in [0.25, 0.3) is 0 Å². The molecule has 0 radical (unpaired) electrons. The highest BCUT2D eigenvalue weighted by atomic mass is 19.1. The van der Waals surface area contributed by atoms with Gasteiger partial charge in [0.2, 0.25) is 11.8 Å². The molecule has 1 aliphatic rings. The standard InChI is InChI=1S/C18H16FN5O2/c1-26-16-10-15(20-11-21-16)24-9-6-14(23-24)22-17(25)18(7-8-18)12-4-2-3-5-13(12)19/h2-6,9-11H,7-8H2,1H3,(H,22,23,25). The molecule has 26 heavy (non-hydrogen) atoms. The average Bonchev–Trinajstić information content (AvgIpc) is 3.35. The van der Waals surface area contributed by atoms with Gasteiger partial charge in [0.05, 0.1) is 12.5 Å². The molecule has 2 aromatic heterocycles. The molecule has 1 saturated carbocycles. The molecule has 1 fully saturated rings. The fourth-order valence-electron chi connectivity index (χ4n) is 2.91. The van der Waals surface area contributed by atoms with Crippen molar-refractivity contribution in [2.45, 2.75) is 18.3 Å². The van der Waals surface area contributed by atoms with Crippen molar-refractivity contribution in [2.75, 3.05) is 12.4 Å². The van der Waals surface area contributed by atoms with Crippen LogP contribution in [0.2, 0.25) is 0 Å². The zero-order chi connectivity index (χ0) is 18.1. The Morgan fingerprint density at radius 3 is 2.81 bits per heavy atom. The molecule has 0 spiro atoms. The molecule has 3 aromatic rings. The molecule has 1 amide bonds. The molecule has 0 aliphatic heterocycles. The molecular weight excluding hydrogens is 337 g/mol. The van der Waals surface area contributed by atoms with Gasteiger partial charge in [-0.05, 0) is 18.9 Å². The maximum absolute atomic E-state index is 14.1. The molecule has 0 atom stereocenters. The first-order chi connectivity index (χ1) is 12.6. The van der Waals surface area contributed by atoms with Crippen LogP contribution in [0.5, 0.6) is 5.88 Å². The van der Waals surface area contributed by atoms with Crippen molar-refractivity contribution in [3.05, 3.63) is 60.3 Å². The fraction of sp³-hybridized carbons (Fsp3) is 0.222. The maximum atomic E-state index is 14.1. The number of carbonyl (C=O) groups excluding carboxylic acids is 1. The second kappa shape index (κ2) is 6.21. The maximum Gasteiger partial charge on any atom is 0.236 e. The molecule has 0 unspecified atom stereocenters. The number of hydrogen-bond donors (Lipinski definition) is 1. The van der Waals surface area contributed by atoms with Crippen molar-refractivity contribution in [3.63, 3.8) is 0 Å². The van der Waals surface area contributed by atoms with E-state index in [9.17, 15) is 9.18 Å². The summed E-state index contributed by atoms with van der Waals surface area (Å²) in [5, 5.41) is 7.08. The molecule has 0 saturated heterocycles. The summed E-state index contributed by atoms with van der Waals surface area (Å²) in [5.41, 5.74) is -0.384. The smallest absolute Gasteiger partial charge is 0.236 e. The Hall–Kier alpha value is -3.29. The van der Waals surface area contributed by atoms with Gasteiger partial charge < -0.3 is 10.1 Å². The number of benzene rings is 1. The van der Waals surface area contributed by atoms with Crippen molar-refractivity contribution in [3.8, 4) is 11.7 Å². The van der Waals surface area contributed by atoms with Crippen molar-refractivity contribution >= 4 is 11.7 Å². The van der Waals surface area contributed by atoms with Gasteiger partial charge in [-0.1, -0.05) is 18.2 Å². The minimum atomic E-state index is -0.812. The Bertz CT molecular complexity index is 967. The van der Waals surface area contributed by atoms with Gasteiger partial charge in [-0.2, -0.15) is 0 Å². The van der Waals surface area contributed by atoms with Crippen molar-refractivity contribution in [1.29, 1.82) is 0 Å². The van der Waals surface area contributed by atoms with Crippen LogP contribution in [0.4, 0.5) is 10.2 Å². The van der Waals surface area contributed by atoms with E-state index in [4.69, 9.17) is 4.74 Å². The number of hydrogen-bond acceptors (Lipinski definition) is 5. The Kier molecular flexibility index (Phi) is 3.87. The number of nitrogens with zero attached hydrogens (tertiary/aromatic N) is 4. The zero-order valence-electron chi connectivity index (χ0n) is 14.0. The first-order valence-corrected chi connectivity index (χ1v) is 8.11. The molecule has 8 heteroatoms. The minimum absolute atomic E-state index is 0.256. The molecule has 0 bridgehead atoms. The zero-order valence-corrected chi connectivity index (χ0v) is 14.0. The van der Waals surface area contributed by atoms with Crippen LogP contribution in [0.3, 0.4) is 0 Å². The van der Waals surface area contributed by atoms with Gasteiger partial charge in [-0.25, -0.2) is 19.0 Å². The van der Waals surface area contributed by atoms with Crippen LogP contribution in [0.15, 0.2) is 48.9 Å². The molecule has 2 heterocycles. The number of anilines is 1. The molecule has 7 nitrogen and oxygen atoms in total. The van der Waals surface area contributed by atoms with Crippen LogP contribution in [0, 0.1) is 5.82 Å². The summed E-state index contributed by atoms with van der Waals surface area (Å²) in [7, 11) is 1.51. The number of ether oxygens (including phenoxy) is 1. The highest BCUT2D eigenvalue weighted by molar-refractivity contribution is 6.00. The van der Waals surface area contributed by atoms with E-state index in [1.807, 2.05) is 0 Å². The summed E-state index contributed by atoms with van der Waals surface area (Å²) in [4.78, 5) is 20.8. The van der Waals surface area contributed by atoms with Gasteiger partial charge in [0.1, 0.15) is 12.1 Å². The van der Waals surface area contributed by atoms with Crippen LogP contribution in [-0.2, 0) is 10.2 Å². The van der Waals surface area contributed by atoms with Crippen molar-refractivity contribution < 1.29 is 13.9 Å². The lowest BCUT2D eigenvalue weighted by Crippen LogP contribution is -2.29. The lowest BCUT2D eigenvalue weighted by molar-refractivity contribution is -0.118. The van der Waals surface area contributed by atoms with E-state index in [-0.39, 0.29) is 11.7 Å². The largest absolute Gasteiger partial charge is 0.481 e. The number of amides is 1. The van der Waals surface area contributed by atoms with E-state index in [0.29, 0.717) is 35.9 Å². The summed E-state index contributed by atoms with van der Waals surface area (Å²) in [6.07, 6.45) is 4.26. The molecular formula is C18H16FN5O2. The summed E-state index contributed by atoms with van der Waals surface area (Å²) < 4.78 is 20.7. The van der Waals surface area contributed by atoms with Gasteiger partial charge in [-0.15, -0.1) is 5.10 Å². The van der Waals surface area contributed by atoms with E-state index in [1.54, 1.807) is 36.5 Å². The SMILES string of the molecule is COc1cc(-n2ccc(NC(=O)C3(c4ccccc4F)CC3)n2)ncn1. The lowest BCUT2D eigenvalue weighted by atomic mass is 9.94. The predicted molar refractivity (Wildman–Crippen MR) is 91.6 cm³/mol. The van der Waals surface area contributed by atoms with Gasteiger partial charge in [-0.3, -0.25) is 4.79 Å². The van der Waals surface area contributed by atoms with Crippen molar-refractivity contribution in [2.24, 2.45) is 0 Å². The van der Waals surface area contributed by atoms with Crippen molar-refractivity contribution in [1.82, 2.24) is 19.7 Å². The summed E-state index contributed by atoms with van der Waals surface area (Å²) >= 11 is 0. The number of aromatic nitrogens is 4. The van der Waals surface area contributed by atoms with Crippen LogP contribution < -0.4 is 10.1 Å². The fourth-order valence-corrected chi connectivity index (χ4v) is 2.91. The first kappa shape index (κ1) is 16.2. The van der Waals surface area contributed by atoms with E-state index >= 15 is 0 Å². The monoisotopic (exact) mass is 353 g/mol. The first-order valence-electron chi connectivity index (χ1n) is 8.11. The molecule has 132 valence electrons. The summed E-state index contributed by atoms with van der Waals surface area (Å²) in [6, 6.07) is 9.67. The minimum Gasteiger partial charge on any atom is -0.481 e. The summed E-state index contributed by atoms with van der Waals surface area (Å²) in [6.45, 7) is 0. The van der Waals surface area contributed by atoms with Gasteiger partial charge >= 0.3 is 0 Å². The normalized spacial score (nSPS) is 14.7. The Morgan fingerprint density at radius 1 is 1.27 bits per heavy atom. The number of methoxy groups -OCH3 is 1. The Labute approximate surface area is 148 Å². The van der Waals surface area contributed by atoms with Crippen LogP contribution in [0.25, 0.3) is 5.82 Å². The van der Waals surface area contributed by atoms with Crippen LogP contribution in [-0.4, -0.2) is 32.8 Å². The average molecular weight is 353 g/mol. The second-order valence-corrected chi connectivity index (χ2v) is 6.08. The highest BCUT2D eigenvalue weighted by Crippen LogP contribution is 2.49. The van der Waals surface area contributed by atoms with E-state index < -0.39 is 5.41 Å².